The van der Waals surface area contributed by atoms with Crippen LogP contribution in [0.4, 0.5) is 5.82 Å². The van der Waals surface area contributed by atoms with Crippen LogP contribution < -0.4 is 10.2 Å². The molecule has 1 saturated heterocycles. The molecule has 1 atom stereocenters. The molecule has 1 unspecified atom stereocenters. The van der Waals surface area contributed by atoms with Crippen molar-refractivity contribution in [3.63, 3.8) is 0 Å². The van der Waals surface area contributed by atoms with Crippen LogP contribution in [0.1, 0.15) is 35.7 Å². The summed E-state index contributed by atoms with van der Waals surface area (Å²) in [6, 6.07) is 8.05. The van der Waals surface area contributed by atoms with Crippen LogP contribution in [0.2, 0.25) is 0 Å². The van der Waals surface area contributed by atoms with Crippen LogP contribution in [-0.2, 0) is 4.74 Å². The lowest BCUT2D eigenvalue weighted by Crippen LogP contribution is -2.33. The fraction of sp³-hybridized carbons (Fsp3) is 0.450. The third-order valence-electron chi connectivity index (χ3n) is 4.64. The van der Waals surface area contributed by atoms with Gasteiger partial charge in [-0.15, -0.1) is 0 Å². The Labute approximate surface area is 154 Å². The average molecular weight is 354 g/mol. The first-order valence-electron chi connectivity index (χ1n) is 9.13. The number of amides is 1. The molecular formula is C20H26N4O2. The van der Waals surface area contributed by atoms with Crippen molar-refractivity contribution in [1.82, 2.24) is 15.3 Å². The monoisotopic (exact) mass is 354 g/mol. The summed E-state index contributed by atoms with van der Waals surface area (Å²) in [4.78, 5) is 23.7. The lowest BCUT2D eigenvalue weighted by Gasteiger charge is -2.20. The number of benzene rings is 1. The molecule has 26 heavy (non-hydrogen) atoms. The maximum atomic E-state index is 12.7. The minimum absolute atomic E-state index is 0.110. The zero-order chi connectivity index (χ0) is 18.5. The highest BCUT2D eigenvalue weighted by atomic mass is 16.5. The molecule has 0 saturated carbocycles. The van der Waals surface area contributed by atoms with Gasteiger partial charge in [-0.1, -0.05) is 23.8 Å². The number of ether oxygens (including phenoxy) is 1. The Morgan fingerprint density at radius 1 is 1.42 bits per heavy atom. The van der Waals surface area contributed by atoms with Crippen molar-refractivity contribution in [2.75, 3.05) is 31.6 Å². The van der Waals surface area contributed by atoms with Crippen molar-refractivity contribution < 1.29 is 9.53 Å². The molecule has 6 heteroatoms. The van der Waals surface area contributed by atoms with E-state index in [-0.39, 0.29) is 12.0 Å². The summed E-state index contributed by atoms with van der Waals surface area (Å²) in [5.41, 5.74) is 2.58. The number of hydrogen-bond acceptors (Lipinski definition) is 5. The van der Waals surface area contributed by atoms with Crippen LogP contribution in [0.15, 0.2) is 30.5 Å². The zero-order valence-corrected chi connectivity index (χ0v) is 15.7. The maximum Gasteiger partial charge on any atom is 0.256 e. The molecule has 1 fully saturated rings. The average Bonchev–Trinajstić information content (AvgIpc) is 3.18. The molecule has 2 heterocycles. The molecule has 1 aliphatic rings. The van der Waals surface area contributed by atoms with E-state index in [1.165, 1.54) is 0 Å². The third-order valence-corrected chi connectivity index (χ3v) is 4.64. The molecule has 1 N–H and O–H groups in total. The number of hydrogen-bond donors (Lipinski definition) is 1. The Morgan fingerprint density at radius 2 is 2.27 bits per heavy atom. The van der Waals surface area contributed by atoms with Crippen molar-refractivity contribution in [3.05, 3.63) is 41.6 Å². The minimum atomic E-state index is -0.161. The molecule has 1 aliphatic heterocycles. The maximum absolute atomic E-state index is 12.7. The highest BCUT2D eigenvalue weighted by Gasteiger charge is 2.21. The Balaban J connectivity index is 1.85. The number of aryl methyl sites for hydroxylation is 1. The van der Waals surface area contributed by atoms with Crippen LogP contribution in [0, 0.1) is 6.92 Å². The Bertz CT molecular complexity index is 772. The fourth-order valence-corrected chi connectivity index (χ4v) is 3.00. The molecule has 1 aromatic carbocycles. The van der Waals surface area contributed by atoms with Crippen molar-refractivity contribution >= 4 is 11.7 Å². The standard InChI is InChI=1S/C20H26N4O2/c1-4-24(3)19-17(20(25)22-12-16-9-6-10-26-16)13-21-18(23-19)15-8-5-7-14(2)11-15/h5,7-8,11,13,16H,4,6,9-10,12H2,1-3H3,(H,22,25). The third kappa shape index (κ3) is 4.19. The number of aromatic nitrogens is 2. The molecule has 3 rings (SSSR count). The van der Waals surface area contributed by atoms with E-state index in [9.17, 15) is 4.79 Å². The van der Waals surface area contributed by atoms with Gasteiger partial charge in [0.1, 0.15) is 11.4 Å². The molecule has 2 aromatic rings. The van der Waals surface area contributed by atoms with E-state index in [1.54, 1.807) is 6.20 Å². The first kappa shape index (κ1) is 18.3. The van der Waals surface area contributed by atoms with Crippen molar-refractivity contribution in [2.45, 2.75) is 32.8 Å². The van der Waals surface area contributed by atoms with Gasteiger partial charge in [0.05, 0.1) is 6.10 Å². The quantitative estimate of drug-likeness (QED) is 0.864. The van der Waals surface area contributed by atoms with Crippen molar-refractivity contribution in [1.29, 1.82) is 0 Å². The van der Waals surface area contributed by atoms with Crippen LogP contribution in [0.5, 0.6) is 0 Å². The molecule has 1 aromatic heterocycles. The Hall–Kier alpha value is -2.47. The van der Waals surface area contributed by atoms with Gasteiger partial charge in [0.2, 0.25) is 0 Å². The van der Waals surface area contributed by atoms with Gasteiger partial charge in [-0.05, 0) is 32.8 Å². The molecule has 0 aliphatic carbocycles. The number of carbonyl (C=O) groups excluding carboxylic acids is 1. The first-order chi connectivity index (χ1) is 12.6. The van der Waals surface area contributed by atoms with Crippen LogP contribution in [0.3, 0.4) is 0 Å². The zero-order valence-electron chi connectivity index (χ0n) is 15.7. The summed E-state index contributed by atoms with van der Waals surface area (Å²) in [6.45, 7) is 6.11. The number of nitrogens with zero attached hydrogens (tertiary/aromatic N) is 3. The largest absolute Gasteiger partial charge is 0.376 e. The predicted octanol–water partition coefficient (Wildman–Crippen LogP) is 2.82. The van der Waals surface area contributed by atoms with E-state index in [4.69, 9.17) is 4.74 Å². The Kier molecular flexibility index (Phi) is 5.83. The van der Waals surface area contributed by atoms with Crippen molar-refractivity contribution in [2.24, 2.45) is 0 Å². The molecule has 0 bridgehead atoms. The summed E-state index contributed by atoms with van der Waals surface area (Å²) in [5, 5.41) is 2.96. The molecular weight excluding hydrogens is 328 g/mol. The van der Waals surface area contributed by atoms with Gasteiger partial charge in [0.25, 0.3) is 5.91 Å². The number of nitrogens with one attached hydrogen (secondary N) is 1. The highest BCUT2D eigenvalue weighted by molar-refractivity contribution is 5.98. The highest BCUT2D eigenvalue weighted by Crippen LogP contribution is 2.22. The van der Waals surface area contributed by atoms with E-state index < -0.39 is 0 Å². The van der Waals surface area contributed by atoms with Gasteiger partial charge in [-0.25, -0.2) is 9.97 Å². The first-order valence-corrected chi connectivity index (χ1v) is 9.13. The molecule has 0 spiro atoms. The SMILES string of the molecule is CCN(C)c1nc(-c2cccc(C)c2)ncc1C(=O)NCC1CCCO1. The molecule has 0 radical (unpaired) electrons. The van der Waals surface area contributed by atoms with E-state index in [0.717, 1.165) is 37.1 Å². The Morgan fingerprint density at radius 3 is 2.96 bits per heavy atom. The number of anilines is 1. The van der Waals surface area contributed by atoms with Crippen LogP contribution >= 0.6 is 0 Å². The van der Waals surface area contributed by atoms with Crippen molar-refractivity contribution in [3.8, 4) is 11.4 Å². The summed E-state index contributed by atoms with van der Waals surface area (Å²) >= 11 is 0. The normalized spacial score (nSPS) is 16.5. The van der Waals surface area contributed by atoms with Gasteiger partial charge in [0.15, 0.2) is 5.82 Å². The molecule has 6 nitrogen and oxygen atoms in total. The number of carbonyl (C=O) groups is 1. The van der Waals surface area contributed by atoms with Crippen LogP contribution in [0.25, 0.3) is 11.4 Å². The lowest BCUT2D eigenvalue weighted by atomic mass is 10.1. The van der Waals surface area contributed by atoms with E-state index in [0.29, 0.717) is 23.8 Å². The smallest absolute Gasteiger partial charge is 0.256 e. The lowest BCUT2D eigenvalue weighted by molar-refractivity contribution is 0.0857. The van der Waals surface area contributed by atoms with Gasteiger partial charge >= 0.3 is 0 Å². The summed E-state index contributed by atoms with van der Waals surface area (Å²) < 4.78 is 5.57. The van der Waals surface area contributed by atoms with E-state index in [1.807, 2.05) is 50.1 Å². The van der Waals surface area contributed by atoms with Gasteiger partial charge in [-0.2, -0.15) is 0 Å². The topological polar surface area (TPSA) is 67.4 Å². The van der Waals surface area contributed by atoms with E-state index >= 15 is 0 Å². The summed E-state index contributed by atoms with van der Waals surface area (Å²) in [5.74, 6) is 1.11. The predicted molar refractivity (Wildman–Crippen MR) is 102 cm³/mol. The van der Waals surface area contributed by atoms with Gasteiger partial charge in [-0.3, -0.25) is 4.79 Å². The summed E-state index contributed by atoms with van der Waals surface area (Å²) in [6.07, 6.45) is 3.78. The molecule has 138 valence electrons. The molecule has 1 amide bonds. The minimum Gasteiger partial charge on any atom is -0.376 e. The van der Waals surface area contributed by atoms with E-state index in [2.05, 4.69) is 15.3 Å². The second kappa shape index (κ2) is 8.27. The van der Waals surface area contributed by atoms with Gasteiger partial charge in [0, 0.05) is 38.5 Å². The fourth-order valence-electron chi connectivity index (χ4n) is 3.00. The second-order valence-corrected chi connectivity index (χ2v) is 6.66. The van der Waals surface area contributed by atoms with Crippen LogP contribution in [-0.4, -0.2) is 48.7 Å². The summed E-state index contributed by atoms with van der Waals surface area (Å²) in [7, 11) is 1.93. The number of rotatable bonds is 6. The van der Waals surface area contributed by atoms with Gasteiger partial charge < -0.3 is 15.0 Å². The second-order valence-electron chi connectivity index (χ2n) is 6.66.